The Labute approximate surface area is 186 Å². The van der Waals surface area contributed by atoms with E-state index in [0.29, 0.717) is 25.5 Å². The summed E-state index contributed by atoms with van der Waals surface area (Å²) in [6, 6.07) is 16.1. The lowest BCUT2D eigenvalue weighted by atomic mass is 10.2. The maximum Gasteiger partial charge on any atom is 0.230 e. The van der Waals surface area contributed by atoms with E-state index in [0.717, 1.165) is 46.3 Å². The number of thioether (sulfide) groups is 1. The van der Waals surface area contributed by atoms with Crippen LogP contribution in [0.1, 0.15) is 28.9 Å². The lowest BCUT2D eigenvalue weighted by Gasteiger charge is -2.10. The zero-order valence-electron chi connectivity index (χ0n) is 17.9. The predicted octanol–water partition coefficient (Wildman–Crippen LogP) is 4.12. The number of hydrogen-bond donors (Lipinski definition) is 1. The van der Waals surface area contributed by atoms with E-state index in [-0.39, 0.29) is 5.91 Å². The van der Waals surface area contributed by atoms with Crippen LogP contribution in [-0.2, 0) is 17.9 Å². The molecule has 2 aromatic carbocycles. The third-order valence-corrected chi connectivity index (χ3v) is 6.25. The number of ether oxygens (including phenoxy) is 2. The summed E-state index contributed by atoms with van der Waals surface area (Å²) >= 11 is 1.49. The summed E-state index contributed by atoms with van der Waals surface area (Å²) in [7, 11) is 0. The molecule has 0 saturated carbocycles. The zero-order valence-corrected chi connectivity index (χ0v) is 18.7. The van der Waals surface area contributed by atoms with Crippen LogP contribution in [0.3, 0.4) is 0 Å². The third-order valence-electron chi connectivity index (χ3n) is 5.26. The van der Waals surface area contributed by atoms with E-state index >= 15 is 0 Å². The van der Waals surface area contributed by atoms with E-state index in [1.807, 2.05) is 48.0 Å². The topological polar surface area (TPSA) is 65.4 Å². The average Bonchev–Trinajstić information content (AvgIpc) is 2.94. The molecule has 0 unspecified atom stereocenters. The van der Waals surface area contributed by atoms with Gasteiger partial charge in [-0.25, -0.2) is 0 Å². The highest BCUT2D eigenvalue weighted by Gasteiger charge is 2.14. The van der Waals surface area contributed by atoms with Crippen LogP contribution in [0, 0.1) is 13.8 Å². The Morgan fingerprint density at radius 2 is 1.87 bits per heavy atom. The summed E-state index contributed by atoms with van der Waals surface area (Å²) in [5.74, 6) is 1.85. The van der Waals surface area contributed by atoms with Gasteiger partial charge in [0.1, 0.15) is 0 Å². The molecule has 6 nitrogen and oxygen atoms in total. The Hall–Kier alpha value is -2.93. The monoisotopic (exact) mass is 437 g/mol. The average molecular weight is 438 g/mol. The second-order valence-corrected chi connectivity index (χ2v) is 8.57. The first kappa shape index (κ1) is 21.3. The molecule has 1 aliphatic rings. The van der Waals surface area contributed by atoms with E-state index in [4.69, 9.17) is 9.47 Å². The number of carbonyl (C=O) groups excluding carboxylic acids is 1. The van der Waals surface area contributed by atoms with E-state index in [2.05, 4.69) is 29.5 Å². The SMILES string of the molecule is Cc1nn(Cc2ccccc2)c(C)c1CNC(=O)CSc1ccc2c(c1)OCCCO2. The van der Waals surface area contributed by atoms with Gasteiger partial charge in [0.25, 0.3) is 0 Å². The van der Waals surface area contributed by atoms with Crippen LogP contribution in [0.5, 0.6) is 11.5 Å². The van der Waals surface area contributed by atoms with Gasteiger partial charge in [0.2, 0.25) is 5.91 Å². The molecular weight excluding hydrogens is 410 g/mol. The van der Waals surface area contributed by atoms with Gasteiger partial charge in [-0.15, -0.1) is 11.8 Å². The van der Waals surface area contributed by atoms with Crippen molar-refractivity contribution >= 4 is 17.7 Å². The summed E-state index contributed by atoms with van der Waals surface area (Å²) in [4.78, 5) is 13.4. The maximum absolute atomic E-state index is 12.4. The summed E-state index contributed by atoms with van der Waals surface area (Å²) in [6.45, 7) is 6.56. The van der Waals surface area contributed by atoms with Gasteiger partial charge >= 0.3 is 0 Å². The molecular formula is C24H27N3O3S. The van der Waals surface area contributed by atoms with Crippen LogP contribution in [0.25, 0.3) is 0 Å². The van der Waals surface area contributed by atoms with Crippen molar-refractivity contribution in [2.75, 3.05) is 19.0 Å². The van der Waals surface area contributed by atoms with E-state index in [1.165, 1.54) is 17.3 Å². The minimum atomic E-state index is -0.00767. The number of nitrogens with zero attached hydrogens (tertiary/aromatic N) is 2. The molecule has 2 heterocycles. The highest BCUT2D eigenvalue weighted by molar-refractivity contribution is 8.00. The van der Waals surface area contributed by atoms with Gasteiger partial charge < -0.3 is 14.8 Å². The normalized spacial score (nSPS) is 13.0. The quantitative estimate of drug-likeness (QED) is 0.564. The molecule has 4 rings (SSSR count). The molecule has 0 radical (unpaired) electrons. The predicted molar refractivity (Wildman–Crippen MR) is 122 cm³/mol. The zero-order chi connectivity index (χ0) is 21.6. The van der Waals surface area contributed by atoms with Crippen molar-refractivity contribution < 1.29 is 14.3 Å². The van der Waals surface area contributed by atoms with Gasteiger partial charge in [-0.3, -0.25) is 9.48 Å². The molecule has 31 heavy (non-hydrogen) atoms. The van der Waals surface area contributed by atoms with Gasteiger partial charge in [-0.05, 0) is 37.6 Å². The minimum Gasteiger partial charge on any atom is -0.490 e. The van der Waals surface area contributed by atoms with E-state index in [1.54, 1.807) is 0 Å². The Morgan fingerprint density at radius 1 is 1.10 bits per heavy atom. The molecule has 0 aliphatic carbocycles. The molecule has 0 spiro atoms. The fraction of sp³-hybridized carbons (Fsp3) is 0.333. The Kier molecular flexibility index (Phi) is 6.82. The summed E-state index contributed by atoms with van der Waals surface area (Å²) in [6.07, 6.45) is 0.875. The van der Waals surface area contributed by atoms with Crippen LogP contribution < -0.4 is 14.8 Å². The summed E-state index contributed by atoms with van der Waals surface area (Å²) < 4.78 is 13.4. The van der Waals surface area contributed by atoms with Crippen molar-refractivity contribution in [1.82, 2.24) is 15.1 Å². The maximum atomic E-state index is 12.4. The molecule has 162 valence electrons. The number of amides is 1. The summed E-state index contributed by atoms with van der Waals surface area (Å²) in [5.41, 5.74) is 4.31. The van der Waals surface area contributed by atoms with Gasteiger partial charge in [0, 0.05) is 29.1 Å². The largest absolute Gasteiger partial charge is 0.490 e. The first-order valence-corrected chi connectivity index (χ1v) is 11.4. The first-order chi connectivity index (χ1) is 15.1. The fourth-order valence-electron chi connectivity index (χ4n) is 3.52. The molecule has 0 saturated heterocycles. The number of aryl methyl sites for hydroxylation is 1. The summed E-state index contributed by atoms with van der Waals surface area (Å²) in [5, 5.41) is 7.69. The van der Waals surface area contributed by atoms with Crippen LogP contribution in [0.15, 0.2) is 53.4 Å². The van der Waals surface area contributed by atoms with E-state index < -0.39 is 0 Å². The lowest BCUT2D eigenvalue weighted by molar-refractivity contribution is -0.118. The number of nitrogens with one attached hydrogen (secondary N) is 1. The smallest absolute Gasteiger partial charge is 0.230 e. The second-order valence-electron chi connectivity index (χ2n) is 7.52. The van der Waals surface area contributed by atoms with Gasteiger partial charge in [-0.1, -0.05) is 30.3 Å². The molecule has 3 aromatic rings. The first-order valence-electron chi connectivity index (χ1n) is 10.5. The van der Waals surface area contributed by atoms with Crippen molar-refractivity contribution in [2.45, 2.75) is 38.3 Å². The molecule has 0 atom stereocenters. The van der Waals surface area contributed by atoms with Crippen LogP contribution in [0.2, 0.25) is 0 Å². The number of carbonyl (C=O) groups is 1. The van der Waals surface area contributed by atoms with Gasteiger partial charge in [0.15, 0.2) is 11.5 Å². The van der Waals surface area contributed by atoms with Gasteiger partial charge in [-0.2, -0.15) is 5.10 Å². The van der Waals surface area contributed by atoms with Crippen LogP contribution in [0.4, 0.5) is 0 Å². The highest BCUT2D eigenvalue weighted by atomic mass is 32.2. The number of benzene rings is 2. The Morgan fingerprint density at radius 3 is 2.68 bits per heavy atom. The van der Waals surface area contributed by atoms with E-state index in [9.17, 15) is 4.79 Å². The molecule has 1 aliphatic heterocycles. The van der Waals surface area contributed by atoms with Crippen molar-refractivity contribution in [1.29, 1.82) is 0 Å². The van der Waals surface area contributed by atoms with Crippen LogP contribution >= 0.6 is 11.8 Å². The standard InChI is InChI=1S/C24H27N3O3S/c1-17-21(18(2)27(26-17)15-19-7-4-3-5-8-19)14-25-24(28)16-31-20-9-10-22-23(13-20)30-12-6-11-29-22/h3-5,7-10,13H,6,11-12,14-16H2,1-2H3,(H,25,28). The Bertz CT molecular complexity index is 1050. The number of aromatic nitrogens is 2. The van der Waals surface area contributed by atoms with Crippen molar-refractivity contribution in [3.8, 4) is 11.5 Å². The minimum absolute atomic E-state index is 0.00767. The van der Waals surface area contributed by atoms with Crippen molar-refractivity contribution in [3.63, 3.8) is 0 Å². The molecule has 0 fully saturated rings. The van der Waals surface area contributed by atoms with Gasteiger partial charge in [0.05, 0.1) is 31.2 Å². The molecule has 7 heteroatoms. The highest BCUT2D eigenvalue weighted by Crippen LogP contribution is 2.33. The van der Waals surface area contributed by atoms with Crippen LogP contribution in [-0.4, -0.2) is 34.7 Å². The molecule has 1 aromatic heterocycles. The number of fused-ring (bicyclic) bond motifs is 1. The molecule has 1 amide bonds. The fourth-order valence-corrected chi connectivity index (χ4v) is 4.27. The Balaban J connectivity index is 1.31. The number of rotatable bonds is 7. The second kappa shape index (κ2) is 9.92. The van der Waals surface area contributed by atoms with Crippen molar-refractivity contribution in [3.05, 3.63) is 71.0 Å². The molecule has 0 bridgehead atoms. The lowest BCUT2D eigenvalue weighted by Crippen LogP contribution is -2.25. The van der Waals surface area contributed by atoms with Crippen molar-refractivity contribution in [2.24, 2.45) is 0 Å². The molecule has 1 N–H and O–H groups in total. The third kappa shape index (κ3) is 5.41. The number of hydrogen-bond acceptors (Lipinski definition) is 5.